The van der Waals surface area contributed by atoms with Gasteiger partial charge in [-0.1, -0.05) is 42.5 Å². The Hall–Kier alpha value is -3.91. The Balaban J connectivity index is 1.42. The summed E-state index contributed by atoms with van der Waals surface area (Å²) in [5, 5.41) is 4.76. The molecule has 36 heavy (non-hydrogen) atoms. The van der Waals surface area contributed by atoms with Crippen LogP contribution in [0.1, 0.15) is 28.7 Å². The molecule has 0 bridgehead atoms. The second-order valence-electron chi connectivity index (χ2n) is 8.79. The van der Waals surface area contributed by atoms with Crippen molar-refractivity contribution in [2.75, 3.05) is 44.8 Å². The third kappa shape index (κ3) is 4.40. The number of aryl methyl sites for hydroxylation is 1. The predicted octanol–water partition coefficient (Wildman–Crippen LogP) is 4.21. The molecule has 0 saturated carbocycles. The van der Waals surface area contributed by atoms with Crippen molar-refractivity contribution in [1.82, 2.24) is 19.5 Å². The van der Waals surface area contributed by atoms with Crippen molar-refractivity contribution in [2.24, 2.45) is 0 Å². The largest absolute Gasteiger partial charge is 0.492 e. The zero-order valence-corrected chi connectivity index (χ0v) is 21.0. The highest BCUT2D eigenvalue weighted by molar-refractivity contribution is 5.96. The van der Waals surface area contributed by atoms with Crippen LogP contribution in [0.15, 0.2) is 60.8 Å². The van der Waals surface area contributed by atoms with Crippen LogP contribution in [0.2, 0.25) is 0 Å². The molecule has 0 N–H and O–H groups in total. The summed E-state index contributed by atoms with van der Waals surface area (Å²) in [6, 6.07) is 18.1. The summed E-state index contributed by atoms with van der Waals surface area (Å²) in [4.78, 5) is 22.5. The van der Waals surface area contributed by atoms with E-state index in [9.17, 15) is 4.79 Å². The number of para-hydroxylation sites is 2. The van der Waals surface area contributed by atoms with Gasteiger partial charge in [0.15, 0.2) is 5.65 Å². The second kappa shape index (κ2) is 10.4. The summed E-state index contributed by atoms with van der Waals surface area (Å²) >= 11 is 0. The number of hydrogen-bond acceptors (Lipinski definition) is 6. The van der Waals surface area contributed by atoms with Gasteiger partial charge in [-0.25, -0.2) is 9.50 Å². The predicted molar refractivity (Wildman–Crippen MR) is 140 cm³/mol. The third-order valence-electron chi connectivity index (χ3n) is 6.57. The SMILES string of the molecule is CCOc1ccccc1N1CCN(C(=O)c2cnc3c(-c4ccccc4)c(C)nn3c2COC)CC1. The molecule has 8 heteroatoms. The first kappa shape index (κ1) is 23.8. The maximum atomic E-state index is 13.7. The number of benzene rings is 2. The lowest BCUT2D eigenvalue weighted by Crippen LogP contribution is -2.49. The number of anilines is 1. The van der Waals surface area contributed by atoms with Gasteiger partial charge in [0, 0.05) is 45.0 Å². The van der Waals surface area contributed by atoms with Crippen LogP contribution in [0.25, 0.3) is 16.8 Å². The molecule has 1 fully saturated rings. The van der Waals surface area contributed by atoms with Crippen molar-refractivity contribution in [3.8, 4) is 16.9 Å². The van der Waals surface area contributed by atoms with Gasteiger partial charge in [0.1, 0.15) is 5.75 Å². The number of aromatic nitrogens is 3. The Morgan fingerprint density at radius 3 is 2.44 bits per heavy atom. The van der Waals surface area contributed by atoms with E-state index in [2.05, 4.69) is 11.0 Å². The van der Waals surface area contributed by atoms with Crippen LogP contribution >= 0.6 is 0 Å². The van der Waals surface area contributed by atoms with E-state index < -0.39 is 0 Å². The Morgan fingerprint density at radius 2 is 1.72 bits per heavy atom. The molecule has 1 aliphatic rings. The zero-order valence-electron chi connectivity index (χ0n) is 21.0. The topological polar surface area (TPSA) is 72.2 Å². The van der Waals surface area contributed by atoms with Crippen LogP contribution in [-0.4, -0.2) is 65.3 Å². The van der Waals surface area contributed by atoms with E-state index in [-0.39, 0.29) is 12.5 Å². The monoisotopic (exact) mass is 485 g/mol. The molecular weight excluding hydrogens is 454 g/mol. The smallest absolute Gasteiger partial charge is 0.257 e. The molecule has 4 aromatic rings. The molecule has 8 nitrogen and oxygen atoms in total. The molecule has 5 rings (SSSR count). The van der Waals surface area contributed by atoms with Crippen LogP contribution in [0.5, 0.6) is 5.75 Å². The van der Waals surface area contributed by atoms with Crippen LogP contribution in [0.3, 0.4) is 0 Å². The first-order chi connectivity index (χ1) is 17.6. The van der Waals surface area contributed by atoms with Gasteiger partial charge in [-0.05, 0) is 31.5 Å². The summed E-state index contributed by atoms with van der Waals surface area (Å²) in [5.74, 6) is 0.823. The highest BCUT2D eigenvalue weighted by Gasteiger charge is 2.27. The number of piperazine rings is 1. The van der Waals surface area contributed by atoms with E-state index in [1.54, 1.807) is 17.8 Å². The summed E-state index contributed by atoms with van der Waals surface area (Å²) in [7, 11) is 1.63. The molecular formula is C28H31N5O3. The van der Waals surface area contributed by atoms with Crippen LogP contribution in [-0.2, 0) is 11.3 Å². The van der Waals surface area contributed by atoms with Crippen molar-refractivity contribution < 1.29 is 14.3 Å². The molecule has 0 radical (unpaired) electrons. The van der Waals surface area contributed by atoms with E-state index in [1.807, 2.05) is 67.3 Å². The standard InChI is InChI=1S/C28H31N5O3/c1-4-36-25-13-9-8-12-23(25)31-14-16-32(17-15-31)28(34)22-18-29-27-26(21-10-6-5-7-11-21)20(2)30-33(27)24(22)19-35-3/h5-13,18H,4,14-17,19H2,1-3H3. The Bertz CT molecular complexity index is 1360. The van der Waals surface area contributed by atoms with Crippen molar-refractivity contribution >= 4 is 17.2 Å². The van der Waals surface area contributed by atoms with E-state index in [4.69, 9.17) is 19.6 Å². The Morgan fingerprint density at radius 1 is 1.00 bits per heavy atom. The van der Waals surface area contributed by atoms with Crippen LogP contribution in [0, 0.1) is 6.92 Å². The van der Waals surface area contributed by atoms with E-state index in [1.165, 1.54) is 0 Å². The minimum absolute atomic E-state index is 0.0522. The number of amides is 1. The van der Waals surface area contributed by atoms with Gasteiger partial charge in [-0.15, -0.1) is 0 Å². The van der Waals surface area contributed by atoms with Crippen LogP contribution in [0.4, 0.5) is 5.69 Å². The second-order valence-corrected chi connectivity index (χ2v) is 8.79. The Kier molecular flexibility index (Phi) is 6.86. The first-order valence-electron chi connectivity index (χ1n) is 12.3. The molecule has 0 atom stereocenters. The normalized spacial score (nSPS) is 13.9. The van der Waals surface area contributed by atoms with E-state index in [0.29, 0.717) is 31.0 Å². The van der Waals surface area contributed by atoms with Gasteiger partial charge in [0.25, 0.3) is 5.91 Å². The van der Waals surface area contributed by atoms with Crippen LogP contribution < -0.4 is 9.64 Å². The van der Waals surface area contributed by atoms with Gasteiger partial charge in [0.05, 0.1) is 35.9 Å². The molecule has 1 saturated heterocycles. The summed E-state index contributed by atoms with van der Waals surface area (Å²) < 4.78 is 13.1. The Labute approximate surface area is 211 Å². The van der Waals surface area contributed by atoms with E-state index in [0.717, 1.165) is 47.0 Å². The molecule has 0 unspecified atom stereocenters. The molecule has 0 aliphatic carbocycles. The number of carbonyl (C=O) groups excluding carboxylic acids is 1. The fourth-order valence-corrected chi connectivity index (χ4v) is 4.85. The minimum atomic E-state index is -0.0522. The lowest BCUT2D eigenvalue weighted by molar-refractivity contribution is 0.0739. The fraction of sp³-hybridized carbons (Fsp3) is 0.321. The molecule has 3 heterocycles. The number of hydrogen-bond donors (Lipinski definition) is 0. The molecule has 0 spiro atoms. The lowest BCUT2D eigenvalue weighted by Gasteiger charge is -2.36. The number of nitrogens with zero attached hydrogens (tertiary/aromatic N) is 5. The van der Waals surface area contributed by atoms with Gasteiger partial charge < -0.3 is 19.3 Å². The lowest BCUT2D eigenvalue weighted by atomic mass is 10.1. The highest BCUT2D eigenvalue weighted by Crippen LogP contribution is 2.30. The number of ether oxygens (including phenoxy) is 2. The summed E-state index contributed by atoms with van der Waals surface area (Å²) in [6.07, 6.45) is 1.68. The molecule has 1 aliphatic heterocycles. The number of methoxy groups -OCH3 is 1. The van der Waals surface area contributed by atoms with Gasteiger partial charge >= 0.3 is 0 Å². The minimum Gasteiger partial charge on any atom is -0.492 e. The van der Waals surface area contributed by atoms with Gasteiger partial charge in [0.2, 0.25) is 0 Å². The molecule has 2 aromatic carbocycles. The number of fused-ring (bicyclic) bond motifs is 1. The van der Waals surface area contributed by atoms with E-state index >= 15 is 0 Å². The average molecular weight is 486 g/mol. The third-order valence-corrected chi connectivity index (χ3v) is 6.57. The van der Waals surface area contributed by atoms with Gasteiger partial charge in [-0.3, -0.25) is 4.79 Å². The van der Waals surface area contributed by atoms with Crippen molar-refractivity contribution in [1.29, 1.82) is 0 Å². The maximum Gasteiger partial charge on any atom is 0.257 e. The molecule has 1 amide bonds. The molecule has 2 aromatic heterocycles. The number of carbonyl (C=O) groups is 1. The summed E-state index contributed by atoms with van der Waals surface area (Å²) in [5.41, 5.74) is 5.89. The van der Waals surface area contributed by atoms with Gasteiger partial charge in [-0.2, -0.15) is 5.10 Å². The van der Waals surface area contributed by atoms with Crippen molar-refractivity contribution in [2.45, 2.75) is 20.5 Å². The van der Waals surface area contributed by atoms with Crippen molar-refractivity contribution in [3.63, 3.8) is 0 Å². The quantitative estimate of drug-likeness (QED) is 0.391. The van der Waals surface area contributed by atoms with Crippen molar-refractivity contribution in [3.05, 3.63) is 77.7 Å². The molecule has 186 valence electrons. The number of rotatable bonds is 7. The maximum absolute atomic E-state index is 13.7. The fourth-order valence-electron chi connectivity index (χ4n) is 4.85. The first-order valence-corrected chi connectivity index (χ1v) is 12.3. The zero-order chi connectivity index (χ0) is 25.1. The highest BCUT2D eigenvalue weighted by atomic mass is 16.5. The average Bonchev–Trinajstić information content (AvgIpc) is 3.26. The summed E-state index contributed by atoms with van der Waals surface area (Å²) in [6.45, 7) is 7.50.